The zero-order valence-electron chi connectivity index (χ0n) is 15.7. The van der Waals surface area contributed by atoms with Gasteiger partial charge in [0.2, 0.25) is 5.78 Å². The van der Waals surface area contributed by atoms with Crippen LogP contribution in [-0.4, -0.2) is 19.2 Å². The third-order valence-electron chi connectivity index (χ3n) is 5.08. The van der Waals surface area contributed by atoms with E-state index in [0.717, 1.165) is 22.0 Å². The Kier molecular flexibility index (Phi) is 4.21. The van der Waals surface area contributed by atoms with Crippen LogP contribution < -0.4 is 10.3 Å². The third-order valence-corrected chi connectivity index (χ3v) is 5.41. The van der Waals surface area contributed by atoms with E-state index in [1.165, 1.54) is 0 Å². The van der Waals surface area contributed by atoms with Crippen LogP contribution in [0.25, 0.3) is 27.5 Å². The molecule has 29 heavy (non-hydrogen) atoms. The first-order valence-electron chi connectivity index (χ1n) is 9.34. The van der Waals surface area contributed by atoms with Gasteiger partial charge in [-0.05, 0) is 31.2 Å². The second kappa shape index (κ2) is 6.90. The van der Waals surface area contributed by atoms with Gasteiger partial charge >= 0.3 is 0 Å². The molecule has 0 amide bonds. The fraction of sp³-hybridized carbons (Fsp3) is 0.136. The Morgan fingerprint density at radius 1 is 0.931 bits per heavy atom. The number of hydrogen-bond donors (Lipinski definition) is 0. The summed E-state index contributed by atoms with van der Waals surface area (Å²) >= 11 is 6.31. The molecular formula is C22H17ClN4O2. The van der Waals surface area contributed by atoms with E-state index in [1.54, 1.807) is 4.57 Å². The Labute approximate surface area is 170 Å². The summed E-state index contributed by atoms with van der Waals surface area (Å²) in [4.78, 5) is 12.8. The van der Waals surface area contributed by atoms with Crippen LogP contribution in [0.2, 0.25) is 5.02 Å². The van der Waals surface area contributed by atoms with Crippen LogP contribution >= 0.6 is 11.6 Å². The molecule has 5 aromatic rings. The van der Waals surface area contributed by atoms with Crippen molar-refractivity contribution in [3.05, 3.63) is 81.9 Å². The number of rotatable bonds is 4. The molecule has 0 spiro atoms. The molecule has 2 heterocycles. The van der Waals surface area contributed by atoms with E-state index >= 15 is 0 Å². The standard InChI is InChI=1S/C22H17ClN4O2/c1-2-26-21(28)16-9-5-6-10-18(16)27-20(24-25-22(26)27)13-29-19-12-11-17(23)14-7-3-4-8-15(14)19/h3-12H,2,13H2,1H3. The Hall–Kier alpha value is -3.38. The monoisotopic (exact) mass is 404 g/mol. The smallest absolute Gasteiger partial charge is 0.262 e. The molecular weight excluding hydrogens is 388 g/mol. The number of para-hydroxylation sites is 1. The van der Waals surface area contributed by atoms with Crippen molar-refractivity contribution in [3.63, 3.8) is 0 Å². The molecule has 5 rings (SSSR count). The van der Waals surface area contributed by atoms with Crippen molar-refractivity contribution >= 4 is 39.1 Å². The number of halogens is 1. The summed E-state index contributed by atoms with van der Waals surface area (Å²) in [5.41, 5.74) is 0.695. The molecule has 0 aliphatic carbocycles. The molecule has 0 fully saturated rings. The lowest BCUT2D eigenvalue weighted by molar-refractivity contribution is 0.298. The first-order valence-corrected chi connectivity index (χ1v) is 9.72. The topological polar surface area (TPSA) is 61.4 Å². The lowest BCUT2D eigenvalue weighted by atomic mass is 10.1. The van der Waals surface area contributed by atoms with Gasteiger partial charge in [0.25, 0.3) is 5.56 Å². The molecule has 0 radical (unpaired) electrons. The summed E-state index contributed by atoms with van der Waals surface area (Å²) in [6.07, 6.45) is 0. The molecule has 144 valence electrons. The maximum Gasteiger partial charge on any atom is 0.262 e. The largest absolute Gasteiger partial charge is 0.485 e. The first kappa shape index (κ1) is 17.7. The third kappa shape index (κ3) is 2.76. The second-order valence-corrected chi connectivity index (χ2v) is 7.11. The second-order valence-electron chi connectivity index (χ2n) is 6.70. The van der Waals surface area contributed by atoms with Gasteiger partial charge in [-0.3, -0.25) is 13.8 Å². The molecule has 2 aromatic heterocycles. The number of ether oxygens (including phenoxy) is 1. The number of benzene rings is 3. The van der Waals surface area contributed by atoms with Crippen LogP contribution in [0.4, 0.5) is 0 Å². The minimum atomic E-state index is -0.0702. The van der Waals surface area contributed by atoms with Gasteiger partial charge in [-0.25, -0.2) is 0 Å². The molecule has 3 aromatic carbocycles. The van der Waals surface area contributed by atoms with Crippen molar-refractivity contribution in [1.82, 2.24) is 19.2 Å². The highest BCUT2D eigenvalue weighted by atomic mass is 35.5. The Balaban J connectivity index is 1.64. The zero-order valence-corrected chi connectivity index (χ0v) is 16.4. The van der Waals surface area contributed by atoms with E-state index in [9.17, 15) is 4.79 Å². The Bertz CT molecular complexity index is 1440. The SMILES string of the molecule is CCn1c(=O)c2ccccc2n2c(COc3ccc(Cl)c4ccccc34)nnc12. The Morgan fingerprint density at radius 3 is 2.45 bits per heavy atom. The van der Waals surface area contributed by atoms with Gasteiger partial charge in [0.1, 0.15) is 12.4 Å². The molecule has 6 nitrogen and oxygen atoms in total. The summed E-state index contributed by atoms with van der Waals surface area (Å²) in [5.74, 6) is 1.85. The average molecular weight is 405 g/mol. The maximum absolute atomic E-state index is 12.8. The lowest BCUT2D eigenvalue weighted by Crippen LogP contribution is -2.22. The van der Waals surface area contributed by atoms with Gasteiger partial charge in [0.05, 0.1) is 10.9 Å². The highest BCUT2D eigenvalue weighted by Crippen LogP contribution is 2.31. The normalized spacial score (nSPS) is 11.5. The van der Waals surface area contributed by atoms with Crippen LogP contribution in [0, 0.1) is 0 Å². The van der Waals surface area contributed by atoms with E-state index in [2.05, 4.69) is 10.2 Å². The van der Waals surface area contributed by atoms with Crippen molar-refractivity contribution in [2.75, 3.05) is 0 Å². The zero-order chi connectivity index (χ0) is 20.0. The summed E-state index contributed by atoms with van der Waals surface area (Å²) in [7, 11) is 0. The number of aryl methyl sites for hydroxylation is 1. The van der Waals surface area contributed by atoms with E-state index in [1.807, 2.05) is 72.0 Å². The van der Waals surface area contributed by atoms with Crippen LogP contribution in [0.5, 0.6) is 5.75 Å². The summed E-state index contributed by atoms with van der Waals surface area (Å²) in [6.45, 7) is 2.63. The van der Waals surface area contributed by atoms with Crippen molar-refractivity contribution in [2.24, 2.45) is 0 Å². The first-order chi connectivity index (χ1) is 14.2. The summed E-state index contributed by atoms with van der Waals surface area (Å²) in [5, 5.41) is 11.7. The predicted molar refractivity (Wildman–Crippen MR) is 114 cm³/mol. The average Bonchev–Trinajstić information content (AvgIpc) is 3.18. The Morgan fingerprint density at radius 2 is 1.66 bits per heavy atom. The highest BCUT2D eigenvalue weighted by molar-refractivity contribution is 6.35. The van der Waals surface area contributed by atoms with Gasteiger partial charge in [-0.2, -0.15) is 0 Å². The highest BCUT2D eigenvalue weighted by Gasteiger charge is 2.16. The van der Waals surface area contributed by atoms with E-state index in [-0.39, 0.29) is 12.2 Å². The fourth-order valence-electron chi connectivity index (χ4n) is 3.70. The molecule has 0 N–H and O–H groups in total. The molecule has 0 aliphatic heterocycles. The molecule has 0 unspecified atom stereocenters. The fourth-order valence-corrected chi connectivity index (χ4v) is 3.92. The van der Waals surface area contributed by atoms with Crippen LogP contribution in [0.3, 0.4) is 0 Å². The van der Waals surface area contributed by atoms with Crippen molar-refractivity contribution in [2.45, 2.75) is 20.1 Å². The lowest BCUT2D eigenvalue weighted by Gasteiger charge is -2.11. The van der Waals surface area contributed by atoms with E-state index in [0.29, 0.717) is 28.6 Å². The number of nitrogens with zero attached hydrogens (tertiary/aromatic N) is 4. The predicted octanol–water partition coefficient (Wildman–Crippen LogP) is 4.45. The van der Waals surface area contributed by atoms with E-state index in [4.69, 9.17) is 16.3 Å². The molecule has 7 heteroatoms. The molecule has 0 saturated heterocycles. The summed E-state index contributed by atoms with van der Waals surface area (Å²) < 4.78 is 9.62. The van der Waals surface area contributed by atoms with Crippen molar-refractivity contribution in [1.29, 1.82) is 0 Å². The van der Waals surface area contributed by atoms with E-state index < -0.39 is 0 Å². The number of aromatic nitrogens is 4. The number of fused-ring (bicyclic) bond motifs is 4. The van der Waals surface area contributed by atoms with Crippen LogP contribution in [0.1, 0.15) is 12.7 Å². The van der Waals surface area contributed by atoms with Gasteiger partial charge in [-0.15, -0.1) is 10.2 Å². The van der Waals surface area contributed by atoms with Gasteiger partial charge in [0.15, 0.2) is 5.82 Å². The minimum Gasteiger partial charge on any atom is -0.485 e. The van der Waals surface area contributed by atoms with Crippen molar-refractivity contribution in [3.8, 4) is 5.75 Å². The minimum absolute atomic E-state index is 0.0702. The molecule has 0 atom stereocenters. The summed E-state index contributed by atoms with van der Waals surface area (Å²) in [6, 6.07) is 19.0. The van der Waals surface area contributed by atoms with Gasteiger partial charge < -0.3 is 4.74 Å². The quantitative estimate of drug-likeness (QED) is 0.444. The molecule has 0 saturated carbocycles. The van der Waals surface area contributed by atoms with Crippen LogP contribution in [0.15, 0.2) is 65.5 Å². The van der Waals surface area contributed by atoms with Gasteiger partial charge in [0, 0.05) is 22.3 Å². The number of hydrogen-bond acceptors (Lipinski definition) is 4. The van der Waals surface area contributed by atoms with Crippen LogP contribution in [-0.2, 0) is 13.2 Å². The molecule has 0 bridgehead atoms. The molecule has 0 aliphatic rings. The van der Waals surface area contributed by atoms with Crippen molar-refractivity contribution < 1.29 is 4.74 Å². The maximum atomic E-state index is 12.8. The van der Waals surface area contributed by atoms with Gasteiger partial charge in [-0.1, -0.05) is 48.0 Å².